The lowest BCUT2D eigenvalue weighted by Gasteiger charge is -2.19. The molecule has 1 amide bonds. The van der Waals surface area contributed by atoms with Crippen LogP contribution in [0.2, 0.25) is 0 Å². The average molecular weight is 324 g/mol. The maximum Gasteiger partial charge on any atom is 0.272 e. The second-order valence-electron chi connectivity index (χ2n) is 7.22. The number of rotatable bonds is 3. The molecule has 1 aliphatic heterocycles. The molecule has 0 atom stereocenters. The zero-order chi connectivity index (χ0) is 17.2. The smallest absolute Gasteiger partial charge is 0.272 e. The molecule has 0 spiro atoms. The molecular formula is C19H24N4O. The monoisotopic (exact) mass is 324 g/mol. The molecule has 5 heteroatoms. The lowest BCUT2D eigenvalue weighted by atomic mass is 9.87. The van der Waals surface area contributed by atoms with Crippen molar-refractivity contribution in [3.05, 3.63) is 47.8 Å². The summed E-state index contributed by atoms with van der Waals surface area (Å²) in [5, 5.41) is 3.18. The summed E-state index contributed by atoms with van der Waals surface area (Å²) >= 11 is 0. The number of anilines is 2. The van der Waals surface area contributed by atoms with E-state index in [0.29, 0.717) is 11.6 Å². The van der Waals surface area contributed by atoms with E-state index >= 15 is 0 Å². The Kier molecular flexibility index (Phi) is 4.51. The molecule has 1 fully saturated rings. The number of carbonyl (C=O) groups is 1. The molecule has 0 saturated carbocycles. The minimum Gasteiger partial charge on any atom is -0.337 e. The predicted molar refractivity (Wildman–Crippen MR) is 95.6 cm³/mol. The molecule has 0 radical (unpaired) electrons. The van der Waals surface area contributed by atoms with E-state index in [9.17, 15) is 4.79 Å². The Bertz CT molecular complexity index is 713. The third-order valence-corrected chi connectivity index (χ3v) is 4.28. The van der Waals surface area contributed by atoms with Crippen molar-refractivity contribution >= 4 is 17.5 Å². The molecule has 2 aromatic rings. The van der Waals surface area contributed by atoms with Crippen LogP contribution in [0.1, 0.15) is 49.7 Å². The van der Waals surface area contributed by atoms with E-state index in [2.05, 4.69) is 48.2 Å². The fraction of sp³-hybridized carbons (Fsp3) is 0.421. The highest BCUT2D eigenvalue weighted by molar-refractivity contribution is 5.92. The highest BCUT2D eigenvalue weighted by Crippen LogP contribution is 2.24. The number of nitrogens with one attached hydrogen (secondary N) is 1. The number of benzene rings is 1. The van der Waals surface area contributed by atoms with Crippen molar-refractivity contribution in [2.24, 2.45) is 0 Å². The van der Waals surface area contributed by atoms with E-state index < -0.39 is 0 Å². The molecule has 1 saturated heterocycles. The number of likely N-dealkylation sites (tertiary alicyclic amines) is 1. The van der Waals surface area contributed by atoms with Gasteiger partial charge in [-0.1, -0.05) is 32.9 Å². The summed E-state index contributed by atoms with van der Waals surface area (Å²) in [5.74, 6) is 0.435. The van der Waals surface area contributed by atoms with E-state index in [1.807, 2.05) is 17.0 Å². The maximum atomic E-state index is 12.4. The minimum atomic E-state index is -0.0129. The van der Waals surface area contributed by atoms with Crippen molar-refractivity contribution in [2.45, 2.75) is 39.0 Å². The summed E-state index contributed by atoms with van der Waals surface area (Å²) in [6.45, 7) is 8.20. The number of aromatic nitrogens is 2. The van der Waals surface area contributed by atoms with Crippen LogP contribution >= 0.6 is 0 Å². The summed E-state index contributed by atoms with van der Waals surface area (Å²) in [5.41, 5.74) is 2.75. The maximum absolute atomic E-state index is 12.4. The van der Waals surface area contributed by atoms with E-state index in [-0.39, 0.29) is 11.3 Å². The lowest BCUT2D eigenvalue weighted by molar-refractivity contribution is 0.0787. The van der Waals surface area contributed by atoms with Crippen molar-refractivity contribution < 1.29 is 4.79 Å². The van der Waals surface area contributed by atoms with Gasteiger partial charge in [-0.15, -0.1) is 0 Å². The molecule has 3 rings (SSSR count). The summed E-state index contributed by atoms with van der Waals surface area (Å²) in [6.07, 6.45) is 3.77. The summed E-state index contributed by atoms with van der Waals surface area (Å²) in [4.78, 5) is 22.9. The molecule has 126 valence electrons. The highest BCUT2D eigenvalue weighted by atomic mass is 16.2. The molecular weight excluding hydrogens is 300 g/mol. The van der Waals surface area contributed by atoms with E-state index in [0.717, 1.165) is 31.6 Å². The van der Waals surface area contributed by atoms with Crippen molar-refractivity contribution in [1.82, 2.24) is 14.9 Å². The Morgan fingerprint density at radius 1 is 1.08 bits per heavy atom. The standard InChI is InChI=1S/C19H24N4O/c1-19(2,3)14-6-8-15(9-7-14)21-18-20-11-10-16(22-18)17(24)23-12-4-5-13-23/h6-11H,4-5,12-13H2,1-3H3,(H,20,21,22). The lowest BCUT2D eigenvalue weighted by Crippen LogP contribution is -2.28. The van der Waals surface area contributed by atoms with Crippen molar-refractivity contribution in [3.8, 4) is 0 Å². The third-order valence-electron chi connectivity index (χ3n) is 4.28. The number of carbonyl (C=O) groups excluding carboxylic acids is 1. The van der Waals surface area contributed by atoms with Gasteiger partial charge in [0.25, 0.3) is 5.91 Å². The van der Waals surface area contributed by atoms with Crippen LogP contribution < -0.4 is 5.32 Å². The average Bonchev–Trinajstić information content (AvgIpc) is 3.08. The Hall–Kier alpha value is -2.43. The summed E-state index contributed by atoms with van der Waals surface area (Å²) in [6, 6.07) is 9.90. The Balaban J connectivity index is 1.73. The summed E-state index contributed by atoms with van der Waals surface area (Å²) in [7, 11) is 0. The van der Waals surface area contributed by atoms with Gasteiger partial charge in [0, 0.05) is 25.0 Å². The molecule has 0 bridgehead atoms. The van der Waals surface area contributed by atoms with Crippen LogP contribution in [0.15, 0.2) is 36.5 Å². The van der Waals surface area contributed by atoms with Gasteiger partial charge in [-0.05, 0) is 42.0 Å². The normalized spacial score (nSPS) is 14.7. The van der Waals surface area contributed by atoms with E-state index in [1.165, 1.54) is 5.56 Å². The molecule has 1 aliphatic rings. The van der Waals surface area contributed by atoms with Gasteiger partial charge >= 0.3 is 0 Å². The zero-order valence-electron chi connectivity index (χ0n) is 14.5. The fourth-order valence-electron chi connectivity index (χ4n) is 2.80. The van der Waals surface area contributed by atoms with Gasteiger partial charge < -0.3 is 10.2 Å². The quantitative estimate of drug-likeness (QED) is 0.934. The molecule has 1 aromatic heterocycles. The SMILES string of the molecule is CC(C)(C)c1ccc(Nc2nccc(C(=O)N3CCCC3)n2)cc1. The van der Waals surface area contributed by atoms with E-state index in [4.69, 9.17) is 0 Å². The van der Waals surface area contributed by atoms with Gasteiger partial charge in [-0.2, -0.15) is 0 Å². The van der Waals surface area contributed by atoms with Gasteiger partial charge in [0.05, 0.1) is 0 Å². The van der Waals surface area contributed by atoms with Crippen LogP contribution in [-0.4, -0.2) is 33.9 Å². The second kappa shape index (κ2) is 6.59. The van der Waals surface area contributed by atoms with Crippen LogP contribution in [0.5, 0.6) is 0 Å². The summed E-state index contributed by atoms with van der Waals surface area (Å²) < 4.78 is 0. The fourth-order valence-corrected chi connectivity index (χ4v) is 2.80. The van der Waals surface area contributed by atoms with Gasteiger partial charge in [0.1, 0.15) is 5.69 Å². The van der Waals surface area contributed by atoms with E-state index in [1.54, 1.807) is 12.3 Å². The van der Waals surface area contributed by atoms with Crippen molar-refractivity contribution in [1.29, 1.82) is 0 Å². The predicted octanol–water partition coefficient (Wildman–Crippen LogP) is 3.75. The minimum absolute atomic E-state index is 0.0129. The van der Waals surface area contributed by atoms with Crippen LogP contribution in [-0.2, 0) is 5.41 Å². The topological polar surface area (TPSA) is 58.1 Å². The molecule has 0 aliphatic carbocycles. The van der Waals surface area contributed by atoms with Gasteiger partial charge in [0.2, 0.25) is 5.95 Å². The number of hydrogen-bond acceptors (Lipinski definition) is 4. The number of nitrogens with zero attached hydrogens (tertiary/aromatic N) is 3. The van der Waals surface area contributed by atoms with Crippen molar-refractivity contribution in [2.75, 3.05) is 18.4 Å². The number of hydrogen-bond donors (Lipinski definition) is 1. The first kappa shape index (κ1) is 16.4. The molecule has 24 heavy (non-hydrogen) atoms. The van der Waals surface area contributed by atoms with Crippen LogP contribution in [0.4, 0.5) is 11.6 Å². The van der Waals surface area contributed by atoms with Crippen LogP contribution in [0.3, 0.4) is 0 Å². The van der Waals surface area contributed by atoms with Gasteiger partial charge in [-0.3, -0.25) is 4.79 Å². The molecule has 1 N–H and O–H groups in total. The van der Waals surface area contributed by atoms with Crippen LogP contribution in [0.25, 0.3) is 0 Å². The molecule has 2 heterocycles. The first-order valence-corrected chi connectivity index (χ1v) is 8.43. The molecule has 1 aromatic carbocycles. The third kappa shape index (κ3) is 3.72. The zero-order valence-corrected chi connectivity index (χ0v) is 14.5. The second-order valence-corrected chi connectivity index (χ2v) is 7.22. The van der Waals surface area contributed by atoms with Gasteiger partial charge in [-0.25, -0.2) is 9.97 Å². The Morgan fingerprint density at radius 3 is 2.38 bits per heavy atom. The Morgan fingerprint density at radius 2 is 1.75 bits per heavy atom. The molecule has 0 unspecified atom stereocenters. The molecule has 5 nitrogen and oxygen atoms in total. The number of amides is 1. The Labute approximate surface area is 143 Å². The first-order chi connectivity index (χ1) is 11.4. The van der Waals surface area contributed by atoms with Crippen molar-refractivity contribution in [3.63, 3.8) is 0 Å². The van der Waals surface area contributed by atoms with Gasteiger partial charge in [0.15, 0.2) is 0 Å². The largest absolute Gasteiger partial charge is 0.337 e. The first-order valence-electron chi connectivity index (χ1n) is 8.43. The van der Waals surface area contributed by atoms with Crippen LogP contribution in [0, 0.1) is 0 Å². The highest BCUT2D eigenvalue weighted by Gasteiger charge is 2.21.